The number of fused-ring (bicyclic) bond motifs is 1. The Kier molecular flexibility index (Phi) is 6.96. The molecule has 10 heteroatoms. The predicted octanol–water partition coefficient (Wildman–Crippen LogP) is 6.23. The van der Waals surface area contributed by atoms with Crippen molar-refractivity contribution in [3.05, 3.63) is 82.8 Å². The number of carbonyl (C=O) groups is 1. The molecular weight excluding hydrogens is 473 g/mol. The number of nitrogens with zero attached hydrogens (tertiary/aromatic N) is 2. The largest absolute Gasteiger partial charge is 0.508 e. The van der Waals surface area contributed by atoms with E-state index in [0.717, 1.165) is 18.6 Å². The van der Waals surface area contributed by atoms with Crippen molar-refractivity contribution in [2.24, 2.45) is 0 Å². The molecule has 186 valence electrons. The number of carbonyl (C=O) groups excluding carboxylic acids is 1. The summed E-state index contributed by atoms with van der Waals surface area (Å²) in [6, 6.07) is 13.1. The van der Waals surface area contributed by atoms with Crippen LogP contribution in [0.15, 0.2) is 71.7 Å². The number of hydrogen-bond donors (Lipinski definition) is 3. The molecule has 0 saturated carbocycles. The highest BCUT2D eigenvalue weighted by Crippen LogP contribution is 2.36. The Hall–Kier alpha value is -4.34. The van der Waals surface area contributed by atoms with Crippen LogP contribution in [-0.2, 0) is 12.7 Å². The lowest BCUT2D eigenvalue weighted by molar-refractivity contribution is -0.136. The van der Waals surface area contributed by atoms with Crippen LogP contribution >= 0.6 is 0 Å². The Morgan fingerprint density at radius 1 is 1.06 bits per heavy atom. The first-order chi connectivity index (χ1) is 17.2. The number of aromatic hydroxyl groups is 1. The number of aromatic nitrogens is 2. The first-order valence-corrected chi connectivity index (χ1v) is 11.3. The Balaban J connectivity index is 1.87. The number of anilines is 2. The van der Waals surface area contributed by atoms with Crippen molar-refractivity contribution in [2.75, 3.05) is 10.6 Å². The fourth-order valence-electron chi connectivity index (χ4n) is 3.99. The van der Waals surface area contributed by atoms with Gasteiger partial charge in [0.1, 0.15) is 17.1 Å². The topological polar surface area (TPSA) is 96.2 Å². The van der Waals surface area contributed by atoms with Gasteiger partial charge in [0.05, 0.1) is 11.3 Å². The van der Waals surface area contributed by atoms with Gasteiger partial charge in [-0.1, -0.05) is 37.6 Å². The summed E-state index contributed by atoms with van der Waals surface area (Å²) in [6.07, 6.45) is -1.67. The van der Waals surface area contributed by atoms with E-state index in [9.17, 15) is 27.9 Å². The van der Waals surface area contributed by atoms with E-state index in [1.807, 2.05) is 6.92 Å². The van der Waals surface area contributed by atoms with E-state index >= 15 is 0 Å². The monoisotopic (exact) mass is 496 g/mol. The highest BCUT2D eigenvalue weighted by Gasteiger charge is 2.33. The standard InChI is InChI=1S/C26H23F3N4O3/c1-2-3-14-33-23-18(10-7-13-30-23)21(16-8-6-9-17(34)15-16)22(24(33)35)32-25(36)31-20-12-5-4-11-19(20)26(27,28)29/h4-13,15,34H,2-3,14H2,1H3,(H2,31,32,36). The van der Waals surface area contributed by atoms with Gasteiger partial charge in [0.15, 0.2) is 0 Å². The third-order valence-electron chi connectivity index (χ3n) is 5.61. The molecular formula is C26H23F3N4O3. The van der Waals surface area contributed by atoms with Crippen LogP contribution in [-0.4, -0.2) is 20.7 Å². The maximum Gasteiger partial charge on any atom is 0.418 e. The molecule has 2 heterocycles. The van der Waals surface area contributed by atoms with Gasteiger partial charge < -0.3 is 15.7 Å². The highest BCUT2D eigenvalue weighted by molar-refractivity contribution is 6.07. The number of unbranched alkanes of at least 4 members (excludes halogenated alkanes) is 1. The number of para-hydroxylation sites is 1. The number of aryl methyl sites for hydroxylation is 1. The van der Waals surface area contributed by atoms with Crippen LogP contribution in [0.3, 0.4) is 0 Å². The molecule has 0 fully saturated rings. The van der Waals surface area contributed by atoms with E-state index in [2.05, 4.69) is 15.6 Å². The van der Waals surface area contributed by atoms with Crippen molar-refractivity contribution in [1.82, 2.24) is 9.55 Å². The molecule has 0 unspecified atom stereocenters. The van der Waals surface area contributed by atoms with Crippen LogP contribution in [0.5, 0.6) is 5.75 Å². The first kappa shape index (κ1) is 24.8. The molecule has 36 heavy (non-hydrogen) atoms. The Morgan fingerprint density at radius 2 is 1.83 bits per heavy atom. The summed E-state index contributed by atoms with van der Waals surface area (Å²) in [5.74, 6) is -0.0609. The van der Waals surface area contributed by atoms with Crippen molar-refractivity contribution in [3.8, 4) is 16.9 Å². The zero-order valence-corrected chi connectivity index (χ0v) is 19.3. The van der Waals surface area contributed by atoms with Crippen LogP contribution < -0.4 is 16.2 Å². The molecule has 0 bridgehead atoms. The van der Waals surface area contributed by atoms with Gasteiger partial charge in [0.25, 0.3) is 5.56 Å². The molecule has 0 aliphatic rings. The molecule has 0 aliphatic heterocycles. The fourth-order valence-corrected chi connectivity index (χ4v) is 3.99. The van der Waals surface area contributed by atoms with E-state index < -0.39 is 29.0 Å². The number of benzene rings is 2. The molecule has 0 saturated heterocycles. The summed E-state index contributed by atoms with van der Waals surface area (Å²) in [4.78, 5) is 30.9. The molecule has 2 aromatic carbocycles. The lowest BCUT2D eigenvalue weighted by atomic mass is 10.00. The summed E-state index contributed by atoms with van der Waals surface area (Å²) in [6.45, 7) is 2.29. The molecule has 4 rings (SSSR count). The molecule has 0 radical (unpaired) electrons. The number of pyridine rings is 2. The van der Waals surface area contributed by atoms with Crippen LogP contribution in [0.1, 0.15) is 25.3 Å². The summed E-state index contributed by atoms with van der Waals surface area (Å²) in [5, 5.41) is 15.3. The number of rotatable bonds is 6. The molecule has 3 N–H and O–H groups in total. The normalized spacial score (nSPS) is 11.4. The zero-order valence-electron chi connectivity index (χ0n) is 19.3. The van der Waals surface area contributed by atoms with E-state index in [-0.39, 0.29) is 11.4 Å². The number of urea groups is 1. The maximum atomic E-state index is 13.6. The number of phenolic OH excluding ortho intramolecular Hbond substituents is 1. The molecule has 2 aromatic heterocycles. The quantitative estimate of drug-likeness (QED) is 0.295. The van der Waals surface area contributed by atoms with Crippen LogP contribution in [0.2, 0.25) is 0 Å². The summed E-state index contributed by atoms with van der Waals surface area (Å²) >= 11 is 0. The second-order valence-corrected chi connectivity index (χ2v) is 8.11. The van der Waals surface area contributed by atoms with Gasteiger partial charge in [-0.05, 0) is 48.4 Å². The van der Waals surface area contributed by atoms with Crippen molar-refractivity contribution in [3.63, 3.8) is 0 Å². The van der Waals surface area contributed by atoms with E-state index in [4.69, 9.17) is 0 Å². The van der Waals surface area contributed by atoms with Crippen LogP contribution in [0, 0.1) is 0 Å². The second-order valence-electron chi connectivity index (χ2n) is 8.11. The van der Waals surface area contributed by atoms with Crippen molar-refractivity contribution >= 4 is 28.4 Å². The fraction of sp³-hybridized carbons (Fsp3) is 0.192. The number of amides is 2. The average Bonchev–Trinajstić information content (AvgIpc) is 2.84. The molecule has 0 atom stereocenters. The van der Waals surface area contributed by atoms with E-state index in [1.165, 1.54) is 28.8 Å². The van der Waals surface area contributed by atoms with Gasteiger partial charge in [-0.15, -0.1) is 0 Å². The maximum absolute atomic E-state index is 13.6. The summed E-state index contributed by atoms with van der Waals surface area (Å²) in [5.41, 5.74) is -1.05. The summed E-state index contributed by atoms with van der Waals surface area (Å²) < 4.78 is 41.6. The second kappa shape index (κ2) is 10.1. The van der Waals surface area contributed by atoms with Crippen molar-refractivity contribution in [2.45, 2.75) is 32.5 Å². The Labute approximate surface area is 204 Å². The number of hydrogen-bond acceptors (Lipinski definition) is 4. The highest BCUT2D eigenvalue weighted by atomic mass is 19.4. The van der Waals surface area contributed by atoms with Gasteiger partial charge in [-0.2, -0.15) is 13.2 Å². The minimum Gasteiger partial charge on any atom is -0.508 e. The van der Waals surface area contributed by atoms with Gasteiger partial charge in [0, 0.05) is 23.7 Å². The SMILES string of the molecule is CCCCn1c(=O)c(NC(=O)Nc2ccccc2C(F)(F)F)c(-c2cccc(O)c2)c2cccnc21. The molecule has 2 amide bonds. The number of nitrogens with one attached hydrogen (secondary N) is 2. The minimum absolute atomic E-state index is 0.0609. The molecule has 0 spiro atoms. The van der Waals surface area contributed by atoms with Crippen molar-refractivity contribution < 1.29 is 23.1 Å². The van der Waals surface area contributed by atoms with E-state index in [1.54, 1.807) is 30.5 Å². The van der Waals surface area contributed by atoms with Gasteiger partial charge in [0.2, 0.25) is 0 Å². The van der Waals surface area contributed by atoms with Crippen LogP contribution in [0.4, 0.5) is 29.3 Å². The third kappa shape index (κ3) is 5.02. The first-order valence-electron chi connectivity index (χ1n) is 11.3. The molecule has 7 nitrogen and oxygen atoms in total. The third-order valence-corrected chi connectivity index (χ3v) is 5.61. The van der Waals surface area contributed by atoms with E-state index in [0.29, 0.717) is 35.1 Å². The number of halogens is 3. The molecule has 0 aliphatic carbocycles. The van der Waals surface area contributed by atoms with Crippen LogP contribution in [0.25, 0.3) is 22.2 Å². The van der Waals surface area contributed by atoms with Gasteiger partial charge in [-0.25, -0.2) is 9.78 Å². The average molecular weight is 496 g/mol. The zero-order chi connectivity index (χ0) is 25.9. The number of alkyl halides is 3. The molecule has 4 aromatic rings. The lowest BCUT2D eigenvalue weighted by Gasteiger charge is -2.19. The lowest BCUT2D eigenvalue weighted by Crippen LogP contribution is -2.30. The Morgan fingerprint density at radius 3 is 2.56 bits per heavy atom. The summed E-state index contributed by atoms with van der Waals surface area (Å²) in [7, 11) is 0. The van der Waals surface area contributed by atoms with Crippen molar-refractivity contribution in [1.29, 1.82) is 0 Å². The minimum atomic E-state index is -4.68. The smallest absolute Gasteiger partial charge is 0.418 e. The van der Waals surface area contributed by atoms with Gasteiger partial charge in [-0.3, -0.25) is 9.36 Å². The Bertz CT molecular complexity index is 1480. The number of phenols is 1. The van der Waals surface area contributed by atoms with Gasteiger partial charge >= 0.3 is 12.2 Å². The predicted molar refractivity (Wildman–Crippen MR) is 132 cm³/mol.